The van der Waals surface area contributed by atoms with Crippen LogP contribution in [0.3, 0.4) is 0 Å². The number of hydrogen-bond acceptors (Lipinski definition) is 2. The van der Waals surface area contributed by atoms with Gasteiger partial charge in [-0.2, -0.15) is 0 Å². The summed E-state index contributed by atoms with van der Waals surface area (Å²) < 4.78 is 0. The maximum atomic E-state index is 11.1. The number of primary amides is 1. The van der Waals surface area contributed by atoms with Gasteiger partial charge in [0, 0.05) is 17.4 Å². The molecule has 0 aliphatic rings. The number of nitrogen functional groups attached to an aromatic ring is 1. The van der Waals surface area contributed by atoms with Crippen molar-refractivity contribution < 1.29 is 4.79 Å². The fourth-order valence-corrected chi connectivity index (χ4v) is 1.48. The van der Waals surface area contributed by atoms with Crippen molar-refractivity contribution in [2.45, 2.75) is 0 Å². The maximum Gasteiger partial charge on any atom is 0.265 e. The van der Waals surface area contributed by atoms with Crippen LogP contribution in [-0.4, -0.2) is 10.9 Å². The smallest absolute Gasteiger partial charge is 0.265 e. The highest BCUT2D eigenvalue weighted by atomic mass is 16.1. The molecule has 0 radical (unpaired) electrons. The number of hydrogen-bond donors (Lipinski definition) is 3. The van der Waals surface area contributed by atoms with E-state index < -0.39 is 5.91 Å². The van der Waals surface area contributed by atoms with Gasteiger partial charge in [-0.25, -0.2) is 0 Å². The third kappa shape index (κ3) is 1.69. The van der Waals surface area contributed by atoms with E-state index in [0.29, 0.717) is 11.4 Å². The monoisotopic (exact) mass is 201 g/mol. The molecule has 4 heteroatoms. The van der Waals surface area contributed by atoms with Crippen molar-refractivity contribution in [3.63, 3.8) is 0 Å². The lowest BCUT2D eigenvalue weighted by Crippen LogP contribution is -2.12. The van der Waals surface area contributed by atoms with Gasteiger partial charge in [-0.3, -0.25) is 4.79 Å². The molecular formula is C11H11N3O. The van der Waals surface area contributed by atoms with Crippen LogP contribution in [0.15, 0.2) is 36.5 Å². The van der Waals surface area contributed by atoms with E-state index in [1.54, 1.807) is 18.3 Å². The van der Waals surface area contributed by atoms with Crippen molar-refractivity contribution in [1.82, 2.24) is 4.98 Å². The normalized spacial score (nSPS) is 10.1. The summed E-state index contributed by atoms with van der Waals surface area (Å²) in [7, 11) is 0. The molecule has 0 bridgehead atoms. The molecule has 2 aromatic rings. The summed E-state index contributed by atoms with van der Waals surface area (Å²) >= 11 is 0. The number of H-pyrrole nitrogens is 1. The first-order valence-electron chi connectivity index (χ1n) is 4.51. The molecule has 0 spiro atoms. The van der Waals surface area contributed by atoms with Crippen LogP contribution >= 0.6 is 0 Å². The van der Waals surface area contributed by atoms with E-state index in [9.17, 15) is 4.79 Å². The van der Waals surface area contributed by atoms with Gasteiger partial charge in [-0.1, -0.05) is 12.1 Å². The number of nitrogens with one attached hydrogen (secondary N) is 1. The van der Waals surface area contributed by atoms with Gasteiger partial charge in [0.05, 0.1) is 0 Å². The zero-order valence-electron chi connectivity index (χ0n) is 8.03. The minimum atomic E-state index is -0.466. The van der Waals surface area contributed by atoms with Gasteiger partial charge in [0.25, 0.3) is 5.91 Å². The zero-order chi connectivity index (χ0) is 10.8. The molecule has 0 aliphatic carbocycles. The van der Waals surface area contributed by atoms with Crippen molar-refractivity contribution in [1.29, 1.82) is 0 Å². The van der Waals surface area contributed by atoms with Crippen LogP contribution in [0, 0.1) is 0 Å². The van der Waals surface area contributed by atoms with E-state index >= 15 is 0 Å². The number of aromatic nitrogens is 1. The van der Waals surface area contributed by atoms with Crippen molar-refractivity contribution in [2.75, 3.05) is 5.73 Å². The van der Waals surface area contributed by atoms with Crippen LogP contribution in [0.5, 0.6) is 0 Å². The average molecular weight is 201 g/mol. The summed E-state index contributed by atoms with van der Waals surface area (Å²) in [5, 5.41) is 0. The predicted molar refractivity (Wildman–Crippen MR) is 59.2 cm³/mol. The Balaban J connectivity index is 2.49. The predicted octanol–water partition coefficient (Wildman–Crippen LogP) is 1.36. The maximum absolute atomic E-state index is 11.1. The fourth-order valence-electron chi connectivity index (χ4n) is 1.48. The van der Waals surface area contributed by atoms with Crippen LogP contribution in [0.2, 0.25) is 0 Å². The third-order valence-electron chi connectivity index (χ3n) is 2.22. The molecule has 1 aromatic carbocycles. The Hall–Kier alpha value is -2.23. The number of carbonyl (C=O) groups excluding carboxylic acids is 1. The molecule has 0 aliphatic heterocycles. The second-order valence-electron chi connectivity index (χ2n) is 3.25. The number of rotatable bonds is 2. The van der Waals surface area contributed by atoms with E-state index in [0.717, 1.165) is 11.1 Å². The van der Waals surface area contributed by atoms with E-state index in [4.69, 9.17) is 11.5 Å². The van der Waals surface area contributed by atoms with Crippen LogP contribution in [0.1, 0.15) is 10.5 Å². The summed E-state index contributed by atoms with van der Waals surface area (Å²) in [5.74, 6) is -0.466. The minimum absolute atomic E-state index is 0.416. The van der Waals surface area contributed by atoms with Gasteiger partial charge in [0.1, 0.15) is 5.69 Å². The lowest BCUT2D eigenvalue weighted by atomic mass is 10.1. The van der Waals surface area contributed by atoms with Crippen molar-refractivity contribution in [3.8, 4) is 11.1 Å². The summed E-state index contributed by atoms with van der Waals surface area (Å²) in [6, 6.07) is 9.09. The first kappa shape index (κ1) is 9.33. The molecule has 15 heavy (non-hydrogen) atoms. The van der Waals surface area contributed by atoms with Crippen LogP contribution < -0.4 is 11.5 Å². The highest BCUT2D eigenvalue weighted by Crippen LogP contribution is 2.23. The SMILES string of the molecule is NC(=O)c1[nH]ccc1-c1ccc(N)cc1. The number of carbonyl (C=O) groups is 1. The van der Waals surface area contributed by atoms with Gasteiger partial charge in [-0.15, -0.1) is 0 Å². The van der Waals surface area contributed by atoms with Crippen LogP contribution in [0.25, 0.3) is 11.1 Å². The first-order valence-corrected chi connectivity index (χ1v) is 4.51. The van der Waals surface area contributed by atoms with E-state index in [-0.39, 0.29) is 0 Å². The first-order chi connectivity index (χ1) is 7.18. The Kier molecular flexibility index (Phi) is 2.17. The largest absolute Gasteiger partial charge is 0.399 e. The molecule has 1 amide bonds. The van der Waals surface area contributed by atoms with Gasteiger partial charge >= 0.3 is 0 Å². The molecular weight excluding hydrogens is 190 g/mol. The second-order valence-corrected chi connectivity index (χ2v) is 3.25. The fraction of sp³-hybridized carbons (Fsp3) is 0. The molecule has 2 rings (SSSR count). The number of benzene rings is 1. The second kappa shape index (κ2) is 3.49. The van der Waals surface area contributed by atoms with E-state index in [1.807, 2.05) is 18.2 Å². The van der Waals surface area contributed by atoms with E-state index in [1.165, 1.54) is 0 Å². The highest BCUT2D eigenvalue weighted by Gasteiger charge is 2.10. The highest BCUT2D eigenvalue weighted by molar-refractivity contribution is 5.98. The Labute approximate surface area is 86.9 Å². The van der Waals surface area contributed by atoms with Crippen LogP contribution in [0.4, 0.5) is 5.69 Å². The van der Waals surface area contributed by atoms with Crippen molar-refractivity contribution >= 4 is 11.6 Å². The lowest BCUT2D eigenvalue weighted by Gasteiger charge is -2.01. The zero-order valence-corrected chi connectivity index (χ0v) is 8.03. The quantitative estimate of drug-likeness (QED) is 0.641. The number of amides is 1. The van der Waals surface area contributed by atoms with Crippen molar-refractivity contribution in [2.24, 2.45) is 5.73 Å². The number of nitrogens with two attached hydrogens (primary N) is 2. The van der Waals surface area contributed by atoms with E-state index in [2.05, 4.69) is 4.98 Å². The molecule has 1 heterocycles. The molecule has 0 atom stereocenters. The standard InChI is InChI=1S/C11H11N3O/c12-8-3-1-7(2-4-8)9-5-6-14-10(9)11(13)15/h1-6,14H,12H2,(H2,13,15). The summed E-state index contributed by atoms with van der Waals surface area (Å²) in [6.07, 6.45) is 1.69. The van der Waals surface area contributed by atoms with Gasteiger partial charge in [-0.05, 0) is 23.8 Å². The lowest BCUT2D eigenvalue weighted by molar-refractivity contribution is 0.0997. The Bertz CT molecular complexity index is 485. The van der Waals surface area contributed by atoms with Gasteiger partial charge < -0.3 is 16.5 Å². The summed E-state index contributed by atoms with van der Waals surface area (Å²) in [6.45, 7) is 0. The molecule has 1 aromatic heterocycles. The molecule has 0 unspecified atom stereocenters. The van der Waals surface area contributed by atoms with Crippen LogP contribution in [-0.2, 0) is 0 Å². The van der Waals surface area contributed by atoms with Gasteiger partial charge in [0.15, 0.2) is 0 Å². The Morgan fingerprint density at radius 3 is 2.40 bits per heavy atom. The molecule has 4 nitrogen and oxygen atoms in total. The molecule has 0 saturated heterocycles. The molecule has 0 saturated carbocycles. The summed E-state index contributed by atoms with van der Waals surface area (Å²) in [5.41, 5.74) is 13.6. The minimum Gasteiger partial charge on any atom is -0.399 e. The van der Waals surface area contributed by atoms with Gasteiger partial charge in [0.2, 0.25) is 0 Å². The Morgan fingerprint density at radius 1 is 1.13 bits per heavy atom. The topological polar surface area (TPSA) is 84.9 Å². The molecule has 5 N–H and O–H groups in total. The van der Waals surface area contributed by atoms with Crippen molar-refractivity contribution in [3.05, 3.63) is 42.2 Å². The molecule has 76 valence electrons. The average Bonchev–Trinajstić information content (AvgIpc) is 2.67. The number of anilines is 1. The third-order valence-corrected chi connectivity index (χ3v) is 2.22. The molecule has 0 fully saturated rings. The Morgan fingerprint density at radius 2 is 1.80 bits per heavy atom. The summed E-state index contributed by atoms with van der Waals surface area (Å²) in [4.78, 5) is 13.9. The number of aromatic amines is 1.